The third-order valence-corrected chi connectivity index (χ3v) is 2.47. The van der Waals surface area contributed by atoms with Gasteiger partial charge in [-0.1, -0.05) is 34.1 Å². The summed E-state index contributed by atoms with van der Waals surface area (Å²) in [6.45, 7) is 9.71. The lowest BCUT2D eigenvalue weighted by Gasteiger charge is -2.29. The normalized spacial score (nSPS) is 15.7. The zero-order valence-electron chi connectivity index (χ0n) is 7.07. The molecule has 0 spiro atoms. The summed E-state index contributed by atoms with van der Waals surface area (Å²) in [5.41, 5.74) is 5.91. The van der Waals surface area contributed by atoms with Crippen LogP contribution >= 0.6 is 0 Å². The van der Waals surface area contributed by atoms with Crippen molar-refractivity contribution in [3.8, 4) is 0 Å². The molecular formula is C8H19N. The van der Waals surface area contributed by atoms with Crippen molar-refractivity contribution in [2.75, 3.05) is 6.54 Å². The van der Waals surface area contributed by atoms with Crippen LogP contribution in [0.5, 0.6) is 0 Å². The first kappa shape index (κ1) is 8.96. The zero-order valence-corrected chi connectivity index (χ0v) is 7.07. The molecule has 1 nitrogen and oxygen atoms in total. The van der Waals surface area contributed by atoms with Crippen LogP contribution in [-0.4, -0.2) is 6.54 Å². The Morgan fingerprint density at radius 3 is 2.00 bits per heavy atom. The van der Waals surface area contributed by atoms with E-state index < -0.39 is 0 Å². The Morgan fingerprint density at radius 1 is 1.44 bits per heavy atom. The maximum absolute atomic E-state index is 5.58. The van der Waals surface area contributed by atoms with Crippen LogP contribution in [0.2, 0.25) is 0 Å². The molecule has 1 heteroatoms. The molecule has 0 aliphatic heterocycles. The number of hydrogen-bond donors (Lipinski definition) is 1. The fraction of sp³-hybridized carbons (Fsp3) is 1.00. The summed E-state index contributed by atoms with van der Waals surface area (Å²) in [5.74, 6) is 0.738. The van der Waals surface area contributed by atoms with Gasteiger partial charge in [-0.15, -0.1) is 0 Å². The molecule has 0 aromatic carbocycles. The highest BCUT2D eigenvalue weighted by Crippen LogP contribution is 2.26. The Hall–Kier alpha value is -0.0400. The van der Waals surface area contributed by atoms with Crippen molar-refractivity contribution < 1.29 is 0 Å². The lowest BCUT2D eigenvalue weighted by atomic mass is 9.79. The summed E-state index contributed by atoms with van der Waals surface area (Å²) in [4.78, 5) is 0. The number of nitrogens with two attached hydrogens (primary N) is 1. The molecule has 2 N–H and O–H groups in total. The molecule has 0 bridgehead atoms. The van der Waals surface area contributed by atoms with E-state index in [0.717, 1.165) is 12.5 Å². The molecule has 56 valence electrons. The van der Waals surface area contributed by atoms with Gasteiger partial charge in [0.2, 0.25) is 0 Å². The van der Waals surface area contributed by atoms with Crippen LogP contribution in [0.1, 0.15) is 34.1 Å². The first-order valence-electron chi connectivity index (χ1n) is 3.74. The lowest BCUT2D eigenvalue weighted by Crippen LogP contribution is -2.30. The highest BCUT2D eigenvalue weighted by Gasteiger charge is 2.21. The molecule has 0 rings (SSSR count). The minimum Gasteiger partial charge on any atom is -0.330 e. The number of rotatable bonds is 3. The second-order valence-electron chi connectivity index (χ2n) is 3.50. The summed E-state index contributed by atoms with van der Waals surface area (Å²) in [6.07, 6.45) is 1.23. The van der Waals surface area contributed by atoms with Gasteiger partial charge in [0.25, 0.3) is 0 Å². The fourth-order valence-corrected chi connectivity index (χ4v) is 0.754. The van der Waals surface area contributed by atoms with Gasteiger partial charge in [0.15, 0.2) is 0 Å². The summed E-state index contributed by atoms with van der Waals surface area (Å²) >= 11 is 0. The van der Waals surface area contributed by atoms with Gasteiger partial charge in [-0.2, -0.15) is 0 Å². The summed E-state index contributed by atoms with van der Waals surface area (Å²) < 4.78 is 0. The zero-order chi connectivity index (χ0) is 7.49. The van der Waals surface area contributed by atoms with E-state index in [2.05, 4.69) is 27.7 Å². The van der Waals surface area contributed by atoms with Crippen LogP contribution in [0.4, 0.5) is 0 Å². The van der Waals surface area contributed by atoms with Gasteiger partial charge in [-0.05, 0) is 17.9 Å². The van der Waals surface area contributed by atoms with Crippen LogP contribution in [-0.2, 0) is 0 Å². The smallest absolute Gasteiger partial charge is 0.00233 e. The maximum atomic E-state index is 5.58. The third-order valence-electron chi connectivity index (χ3n) is 2.47. The summed E-state index contributed by atoms with van der Waals surface area (Å²) in [6, 6.07) is 0. The van der Waals surface area contributed by atoms with Crippen LogP contribution in [0.25, 0.3) is 0 Å². The molecule has 0 fully saturated rings. The van der Waals surface area contributed by atoms with Gasteiger partial charge in [0.1, 0.15) is 0 Å². The highest BCUT2D eigenvalue weighted by molar-refractivity contribution is 4.74. The van der Waals surface area contributed by atoms with E-state index in [-0.39, 0.29) is 0 Å². The Bertz CT molecular complexity index is 76.6. The van der Waals surface area contributed by atoms with Crippen LogP contribution < -0.4 is 5.73 Å². The van der Waals surface area contributed by atoms with Crippen molar-refractivity contribution in [3.05, 3.63) is 0 Å². The van der Waals surface area contributed by atoms with E-state index in [0.29, 0.717) is 5.41 Å². The maximum Gasteiger partial charge on any atom is -0.00233 e. The van der Waals surface area contributed by atoms with Crippen molar-refractivity contribution in [2.45, 2.75) is 34.1 Å². The largest absolute Gasteiger partial charge is 0.330 e. The van der Waals surface area contributed by atoms with Gasteiger partial charge >= 0.3 is 0 Å². The predicted octanol–water partition coefficient (Wildman–Crippen LogP) is 2.02. The monoisotopic (exact) mass is 129 g/mol. The van der Waals surface area contributed by atoms with E-state index in [1.165, 1.54) is 6.42 Å². The Labute approximate surface area is 58.6 Å². The first-order chi connectivity index (χ1) is 4.04. The SMILES string of the molecule is CCC(C)C(C)(C)CN. The lowest BCUT2D eigenvalue weighted by molar-refractivity contribution is 0.235. The van der Waals surface area contributed by atoms with Gasteiger partial charge in [0, 0.05) is 0 Å². The van der Waals surface area contributed by atoms with Crippen molar-refractivity contribution in [1.82, 2.24) is 0 Å². The molecule has 0 saturated carbocycles. The second-order valence-corrected chi connectivity index (χ2v) is 3.50. The summed E-state index contributed by atoms with van der Waals surface area (Å²) in [5, 5.41) is 0. The van der Waals surface area contributed by atoms with Crippen LogP contribution in [0.3, 0.4) is 0 Å². The van der Waals surface area contributed by atoms with E-state index in [1.807, 2.05) is 0 Å². The molecule has 9 heavy (non-hydrogen) atoms. The predicted molar refractivity (Wildman–Crippen MR) is 42.3 cm³/mol. The quantitative estimate of drug-likeness (QED) is 0.620. The van der Waals surface area contributed by atoms with Crippen LogP contribution in [0.15, 0.2) is 0 Å². The average Bonchev–Trinajstić information content (AvgIpc) is 1.86. The molecule has 0 amide bonds. The third kappa shape index (κ3) is 2.35. The van der Waals surface area contributed by atoms with E-state index in [4.69, 9.17) is 5.73 Å². The molecule has 0 radical (unpaired) electrons. The second kappa shape index (κ2) is 3.21. The van der Waals surface area contributed by atoms with Gasteiger partial charge < -0.3 is 5.73 Å². The Balaban J connectivity index is 3.80. The molecule has 0 saturated heterocycles. The van der Waals surface area contributed by atoms with Gasteiger partial charge in [-0.25, -0.2) is 0 Å². The molecule has 0 aliphatic rings. The molecule has 0 heterocycles. The molecule has 0 aromatic heterocycles. The molecular weight excluding hydrogens is 110 g/mol. The van der Waals surface area contributed by atoms with Crippen molar-refractivity contribution in [1.29, 1.82) is 0 Å². The molecule has 1 atom stereocenters. The average molecular weight is 129 g/mol. The first-order valence-corrected chi connectivity index (χ1v) is 3.74. The van der Waals surface area contributed by atoms with E-state index in [1.54, 1.807) is 0 Å². The Morgan fingerprint density at radius 2 is 1.89 bits per heavy atom. The van der Waals surface area contributed by atoms with E-state index >= 15 is 0 Å². The van der Waals surface area contributed by atoms with E-state index in [9.17, 15) is 0 Å². The van der Waals surface area contributed by atoms with Crippen molar-refractivity contribution in [2.24, 2.45) is 17.1 Å². The minimum absolute atomic E-state index is 0.328. The topological polar surface area (TPSA) is 26.0 Å². The van der Waals surface area contributed by atoms with Gasteiger partial charge in [0.05, 0.1) is 0 Å². The number of hydrogen-bond acceptors (Lipinski definition) is 1. The minimum atomic E-state index is 0.328. The molecule has 0 aromatic rings. The van der Waals surface area contributed by atoms with Crippen molar-refractivity contribution >= 4 is 0 Å². The van der Waals surface area contributed by atoms with Crippen molar-refractivity contribution in [3.63, 3.8) is 0 Å². The molecule has 0 aliphatic carbocycles. The fourth-order valence-electron chi connectivity index (χ4n) is 0.754. The van der Waals surface area contributed by atoms with Crippen LogP contribution in [0, 0.1) is 11.3 Å². The highest BCUT2D eigenvalue weighted by atomic mass is 14.6. The molecule has 1 unspecified atom stereocenters. The Kier molecular flexibility index (Phi) is 3.20. The van der Waals surface area contributed by atoms with Gasteiger partial charge in [-0.3, -0.25) is 0 Å². The standard InChI is InChI=1S/C8H19N/c1-5-7(2)8(3,4)6-9/h7H,5-6,9H2,1-4H3. The summed E-state index contributed by atoms with van der Waals surface area (Å²) in [7, 11) is 0.